The predicted octanol–water partition coefficient (Wildman–Crippen LogP) is -2.00. The summed E-state index contributed by atoms with van der Waals surface area (Å²) in [4.78, 5) is 42.7. The van der Waals surface area contributed by atoms with Gasteiger partial charge in [-0.15, -0.1) is 5.92 Å². The molecular formula is C13H16FN2O9P. The lowest BCUT2D eigenvalue weighted by molar-refractivity contribution is -0.137. The van der Waals surface area contributed by atoms with Gasteiger partial charge in [0, 0.05) is 12.3 Å². The number of aromatic amines is 1. The lowest BCUT2D eigenvalue weighted by Gasteiger charge is -2.30. The van der Waals surface area contributed by atoms with Gasteiger partial charge in [-0.1, -0.05) is 5.92 Å². The number of nitrogens with one attached hydrogen (secondary N) is 1. The molecule has 1 aromatic heterocycles. The van der Waals surface area contributed by atoms with E-state index in [1.165, 1.54) is 6.92 Å². The number of hydrogen-bond donors (Lipinski definition) is 5. The smallest absolute Gasteiger partial charge is 0.386 e. The van der Waals surface area contributed by atoms with Gasteiger partial charge in [0.2, 0.25) is 0 Å². The van der Waals surface area contributed by atoms with E-state index >= 15 is 0 Å². The van der Waals surface area contributed by atoms with Crippen molar-refractivity contribution < 1.29 is 38.2 Å². The standard InChI is InChI=1S/C13H16FN2O9P/c1-2-4-13(20)9(18)12(6-14,7-24-26(21,22)23)25-10(13)16-5-3-8(17)15-11(16)19/h3,5,9-10,18,20H,6-7H2,1H3,(H,15,17,19)(H2,21,22,23)/t9-,10-,12-,13-/m1/s1. The Hall–Kier alpha value is -1.84. The maximum atomic E-state index is 13.7. The zero-order valence-corrected chi connectivity index (χ0v) is 14.2. The molecule has 1 aliphatic rings. The van der Waals surface area contributed by atoms with Crippen LogP contribution in [0.1, 0.15) is 13.2 Å². The van der Waals surface area contributed by atoms with Gasteiger partial charge in [0.05, 0.1) is 6.61 Å². The van der Waals surface area contributed by atoms with Crippen LogP contribution in [-0.4, -0.2) is 60.1 Å². The first-order valence-corrected chi connectivity index (χ1v) is 8.62. The Morgan fingerprint density at radius 3 is 2.65 bits per heavy atom. The van der Waals surface area contributed by atoms with E-state index in [9.17, 15) is 28.8 Å². The van der Waals surface area contributed by atoms with E-state index in [2.05, 4.69) is 16.4 Å². The van der Waals surface area contributed by atoms with Gasteiger partial charge in [0.25, 0.3) is 5.56 Å². The summed E-state index contributed by atoms with van der Waals surface area (Å²) in [5, 5.41) is 21.2. The van der Waals surface area contributed by atoms with Crippen LogP contribution in [0.15, 0.2) is 21.9 Å². The van der Waals surface area contributed by atoms with Gasteiger partial charge in [0.15, 0.2) is 17.4 Å². The summed E-state index contributed by atoms with van der Waals surface area (Å²) in [5.74, 6) is 4.51. The third-order valence-corrected chi connectivity index (χ3v) is 4.24. The van der Waals surface area contributed by atoms with Crippen molar-refractivity contribution in [1.82, 2.24) is 9.55 Å². The molecule has 2 rings (SSSR count). The van der Waals surface area contributed by atoms with Gasteiger partial charge in [-0.25, -0.2) is 13.8 Å². The topological polar surface area (TPSA) is 171 Å². The minimum atomic E-state index is -5.06. The highest BCUT2D eigenvalue weighted by molar-refractivity contribution is 7.46. The largest absolute Gasteiger partial charge is 0.469 e. The number of alkyl halides is 1. The van der Waals surface area contributed by atoms with Crippen LogP contribution in [0.4, 0.5) is 4.39 Å². The van der Waals surface area contributed by atoms with E-state index in [1.807, 2.05) is 4.98 Å². The van der Waals surface area contributed by atoms with E-state index in [0.717, 1.165) is 12.3 Å². The van der Waals surface area contributed by atoms with Crippen molar-refractivity contribution in [1.29, 1.82) is 0 Å². The maximum absolute atomic E-state index is 13.7. The van der Waals surface area contributed by atoms with Crippen molar-refractivity contribution in [2.45, 2.75) is 30.5 Å². The Morgan fingerprint density at radius 1 is 1.50 bits per heavy atom. The Balaban J connectivity index is 2.56. The Kier molecular flexibility index (Phi) is 5.55. The molecule has 1 saturated heterocycles. The van der Waals surface area contributed by atoms with E-state index in [4.69, 9.17) is 14.5 Å². The number of phosphoric acid groups is 1. The summed E-state index contributed by atoms with van der Waals surface area (Å²) in [5.41, 5.74) is -6.77. The molecule has 1 aromatic rings. The number of aliphatic hydroxyl groups is 2. The molecule has 0 radical (unpaired) electrons. The van der Waals surface area contributed by atoms with Gasteiger partial charge in [0.1, 0.15) is 12.8 Å². The highest BCUT2D eigenvalue weighted by Crippen LogP contribution is 2.47. The maximum Gasteiger partial charge on any atom is 0.469 e. The second-order valence-electron chi connectivity index (χ2n) is 5.55. The lowest BCUT2D eigenvalue weighted by atomic mass is 9.87. The molecule has 144 valence electrons. The SMILES string of the molecule is CC#C[C@@]1(O)[C@H](O)[C@@](CF)(COP(=O)(O)O)O[C@H]1n1ccc(=O)[nH]c1=O. The van der Waals surface area contributed by atoms with Crippen LogP contribution >= 0.6 is 7.82 Å². The number of H-pyrrole nitrogens is 1. The zero-order valence-electron chi connectivity index (χ0n) is 13.3. The summed E-state index contributed by atoms with van der Waals surface area (Å²) < 4.78 is 34.8. The number of aliphatic hydroxyl groups excluding tert-OH is 1. The van der Waals surface area contributed by atoms with Crippen molar-refractivity contribution >= 4 is 7.82 Å². The molecule has 0 spiro atoms. The Labute approximate surface area is 145 Å². The molecule has 1 aliphatic heterocycles. The van der Waals surface area contributed by atoms with Crippen molar-refractivity contribution in [2.75, 3.05) is 13.3 Å². The fourth-order valence-corrected chi connectivity index (χ4v) is 2.96. The van der Waals surface area contributed by atoms with Gasteiger partial charge in [-0.2, -0.15) is 0 Å². The van der Waals surface area contributed by atoms with Crippen molar-refractivity contribution in [3.8, 4) is 11.8 Å². The average molecular weight is 394 g/mol. The third-order valence-electron chi connectivity index (χ3n) is 3.77. The first-order chi connectivity index (χ1) is 12.0. The molecule has 13 heteroatoms. The lowest BCUT2D eigenvalue weighted by Crippen LogP contribution is -2.54. The molecule has 0 aliphatic carbocycles. The quantitative estimate of drug-likeness (QED) is 0.280. The van der Waals surface area contributed by atoms with Gasteiger partial charge >= 0.3 is 13.5 Å². The first kappa shape index (κ1) is 20.5. The molecule has 0 aromatic carbocycles. The number of halogens is 1. The normalized spacial score (nSPS) is 31.5. The van der Waals surface area contributed by atoms with Crippen LogP contribution < -0.4 is 11.2 Å². The molecule has 0 amide bonds. The summed E-state index contributed by atoms with van der Waals surface area (Å²) in [6.07, 6.45) is -3.02. The number of hydrogen-bond acceptors (Lipinski definition) is 7. The van der Waals surface area contributed by atoms with E-state index in [-0.39, 0.29) is 0 Å². The van der Waals surface area contributed by atoms with Crippen LogP contribution in [0.2, 0.25) is 0 Å². The highest BCUT2D eigenvalue weighted by atomic mass is 31.2. The number of phosphoric ester groups is 1. The monoisotopic (exact) mass is 394 g/mol. The van der Waals surface area contributed by atoms with Crippen molar-refractivity contribution in [3.63, 3.8) is 0 Å². The summed E-state index contributed by atoms with van der Waals surface area (Å²) >= 11 is 0. The highest BCUT2D eigenvalue weighted by Gasteiger charge is 2.64. The number of ether oxygens (including phenoxy) is 1. The second kappa shape index (κ2) is 7.05. The number of rotatable bonds is 5. The van der Waals surface area contributed by atoms with Gasteiger partial charge in [-0.3, -0.25) is 18.9 Å². The molecule has 11 nitrogen and oxygen atoms in total. The molecule has 26 heavy (non-hydrogen) atoms. The van der Waals surface area contributed by atoms with Crippen LogP contribution in [0, 0.1) is 11.8 Å². The molecule has 4 atom stereocenters. The molecule has 0 unspecified atom stereocenters. The van der Waals surface area contributed by atoms with E-state index in [0.29, 0.717) is 4.57 Å². The number of aromatic nitrogens is 2. The molecule has 1 fully saturated rings. The van der Waals surface area contributed by atoms with Crippen LogP contribution in [0.25, 0.3) is 0 Å². The van der Waals surface area contributed by atoms with E-state index < -0.39 is 55.9 Å². The third kappa shape index (κ3) is 3.65. The van der Waals surface area contributed by atoms with Gasteiger partial charge in [-0.05, 0) is 6.92 Å². The minimum Gasteiger partial charge on any atom is -0.386 e. The van der Waals surface area contributed by atoms with Crippen LogP contribution in [0.3, 0.4) is 0 Å². The first-order valence-electron chi connectivity index (χ1n) is 7.09. The van der Waals surface area contributed by atoms with Crippen LogP contribution in [-0.2, 0) is 13.8 Å². The Bertz CT molecular complexity index is 899. The zero-order chi connectivity index (χ0) is 19.8. The molecule has 0 bridgehead atoms. The fraction of sp³-hybridized carbons (Fsp3) is 0.538. The predicted molar refractivity (Wildman–Crippen MR) is 82.6 cm³/mol. The summed E-state index contributed by atoms with van der Waals surface area (Å²) in [7, 11) is -5.06. The van der Waals surface area contributed by atoms with Crippen molar-refractivity contribution in [3.05, 3.63) is 33.1 Å². The molecular weight excluding hydrogens is 378 g/mol. The average Bonchev–Trinajstić information content (AvgIpc) is 2.75. The molecule has 2 heterocycles. The number of nitrogens with zero attached hydrogens (tertiary/aromatic N) is 1. The molecule has 0 saturated carbocycles. The fourth-order valence-electron chi connectivity index (χ4n) is 2.57. The minimum absolute atomic E-state index is 0.657. The van der Waals surface area contributed by atoms with Crippen molar-refractivity contribution in [2.24, 2.45) is 0 Å². The Morgan fingerprint density at radius 2 is 2.15 bits per heavy atom. The molecule has 5 N–H and O–H groups in total. The van der Waals surface area contributed by atoms with E-state index in [1.54, 1.807) is 0 Å². The van der Waals surface area contributed by atoms with Crippen LogP contribution in [0.5, 0.6) is 0 Å². The second-order valence-corrected chi connectivity index (χ2v) is 6.79. The summed E-state index contributed by atoms with van der Waals surface area (Å²) in [6, 6.07) is 0.915. The van der Waals surface area contributed by atoms with Gasteiger partial charge < -0.3 is 24.7 Å². The summed E-state index contributed by atoms with van der Waals surface area (Å²) in [6.45, 7) is -1.38.